The molecule has 1 amide bonds. The van der Waals surface area contributed by atoms with Gasteiger partial charge in [0.1, 0.15) is 5.75 Å². The maximum atomic E-state index is 13.5. The van der Waals surface area contributed by atoms with E-state index in [0.717, 1.165) is 5.56 Å². The Morgan fingerprint density at radius 2 is 1.84 bits per heavy atom. The fourth-order valence-electron chi connectivity index (χ4n) is 4.07. The second kappa shape index (κ2) is 10.8. The molecule has 1 aromatic carbocycles. The van der Waals surface area contributed by atoms with E-state index < -0.39 is 6.04 Å². The van der Waals surface area contributed by atoms with Crippen LogP contribution in [0.15, 0.2) is 35.1 Å². The van der Waals surface area contributed by atoms with Crippen molar-refractivity contribution in [1.82, 2.24) is 14.4 Å². The van der Waals surface area contributed by atoms with Gasteiger partial charge in [-0.1, -0.05) is 23.7 Å². The first-order valence-corrected chi connectivity index (χ1v) is 11.1. The standard InChI is InChI=1S/C23H30ClN3O5/c1-4-32-23(30)26-11-9-25(10-12-26)21(17-5-7-18(24)8-6-17)20-19(28)15-16(2)27(22(20)29)13-14-31-3/h5-8,15,21,28H,4,9-14H2,1-3H3/t21-/m0/s1. The summed E-state index contributed by atoms with van der Waals surface area (Å²) in [6, 6.07) is 8.40. The van der Waals surface area contributed by atoms with Crippen LogP contribution in [0, 0.1) is 6.92 Å². The van der Waals surface area contributed by atoms with E-state index in [1.807, 2.05) is 12.1 Å². The highest BCUT2D eigenvalue weighted by atomic mass is 35.5. The minimum absolute atomic E-state index is 0.0473. The summed E-state index contributed by atoms with van der Waals surface area (Å²) in [6.07, 6.45) is -0.338. The number of aromatic hydroxyl groups is 1. The lowest BCUT2D eigenvalue weighted by Crippen LogP contribution is -2.50. The fraction of sp³-hybridized carbons (Fsp3) is 0.478. The summed E-state index contributed by atoms with van der Waals surface area (Å²) >= 11 is 6.10. The number of ether oxygens (including phenoxy) is 2. The van der Waals surface area contributed by atoms with Gasteiger partial charge in [0.25, 0.3) is 5.56 Å². The number of carbonyl (C=O) groups is 1. The molecule has 2 aromatic rings. The average Bonchev–Trinajstić information content (AvgIpc) is 2.77. The molecule has 0 radical (unpaired) electrons. The Labute approximate surface area is 192 Å². The Hall–Kier alpha value is -2.55. The summed E-state index contributed by atoms with van der Waals surface area (Å²) in [4.78, 5) is 29.4. The molecule has 0 bridgehead atoms. The first-order chi connectivity index (χ1) is 15.4. The lowest BCUT2D eigenvalue weighted by molar-refractivity contribution is 0.0709. The summed E-state index contributed by atoms with van der Waals surface area (Å²) < 4.78 is 11.9. The van der Waals surface area contributed by atoms with Gasteiger partial charge in [0.05, 0.1) is 24.8 Å². The molecule has 9 heteroatoms. The number of benzene rings is 1. The normalized spacial score (nSPS) is 15.6. The Kier molecular flexibility index (Phi) is 8.17. The molecule has 3 rings (SSSR count). The Bertz CT molecular complexity index is 984. The van der Waals surface area contributed by atoms with E-state index in [4.69, 9.17) is 21.1 Å². The number of hydrogen-bond acceptors (Lipinski definition) is 6. The quantitative estimate of drug-likeness (QED) is 0.679. The van der Waals surface area contributed by atoms with Crippen molar-refractivity contribution in [3.8, 4) is 5.75 Å². The van der Waals surface area contributed by atoms with E-state index in [1.165, 1.54) is 0 Å². The Morgan fingerprint density at radius 3 is 2.44 bits per heavy atom. The lowest BCUT2D eigenvalue weighted by Gasteiger charge is -2.39. The molecule has 1 fully saturated rings. The Balaban J connectivity index is 2.01. The molecule has 2 heterocycles. The minimum Gasteiger partial charge on any atom is -0.507 e. The van der Waals surface area contributed by atoms with Gasteiger partial charge in [-0.15, -0.1) is 0 Å². The van der Waals surface area contributed by atoms with Crippen molar-refractivity contribution in [1.29, 1.82) is 0 Å². The number of methoxy groups -OCH3 is 1. The second-order valence-corrected chi connectivity index (χ2v) is 8.15. The number of rotatable bonds is 7. The van der Waals surface area contributed by atoms with Crippen molar-refractivity contribution in [2.75, 3.05) is 46.5 Å². The Morgan fingerprint density at radius 1 is 1.19 bits per heavy atom. The zero-order chi connectivity index (χ0) is 23.3. The zero-order valence-corrected chi connectivity index (χ0v) is 19.5. The number of pyridine rings is 1. The van der Waals surface area contributed by atoms with Gasteiger partial charge in [0.2, 0.25) is 0 Å². The molecule has 0 aliphatic carbocycles. The molecule has 1 atom stereocenters. The predicted molar refractivity (Wildman–Crippen MR) is 122 cm³/mol. The number of halogens is 1. The summed E-state index contributed by atoms with van der Waals surface area (Å²) in [5.74, 6) is -0.0473. The highest BCUT2D eigenvalue weighted by Crippen LogP contribution is 2.33. The first kappa shape index (κ1) is 24.1. The van der Waals surface area contributed by atoms with Crippen molar-refractivity contribution in [3.05, 3.63) is 62.5 Å². The largest absolute Gasteiger partial charge is 0.507 e. The van der Waals surface area contributed by atoms with Gasteiger partial charge in [-0.05, 0) is 37.6 Å². The highest BCUT2D eigenvalue weighted by molar-refractivity contribution is 6.30. The molecule has 1 aliphatic rings. The van der Waals surface area contributed by atoms with Crippen molar-refractivity contribution >= 4 is 17.7 Å². The minimum atomic E-state index is -0.487. The summed E-state index contributed by atoms with van der Waals surface area (Å²) in [7, 11) is 1.58. The molecule has 0 saturated carbocycles. The van der Waals surface area contributed by atoms with E-state index in [1.54, 1.807) is 48.6 Å². The SMILES string of the molecule is CCOC(=O)N1CCN([C@@H](c2ccc(Cl)cc2)c2c(O)cc(C)n(CCOC)c2=O)CC1. The van der Waals surface area contributed by atoms with E-state index in [-0.39, 0.29) is 17.4 Å². The van der Waals surface area contributed by atoms with Gasteiger partial charge in [0, 0.05) is 50.6 Å². The molecule has 32 heavy (non-hydrogen) atoms. The second-order valence-electron chi connectivity index (χ2n) is 7.71. The summed E-state index contributed by atoms with van der Waals surface area (Å²) in [5.41, 5.74) is 1.55. The summed E-state index contributed by atoms with van der Waals surface area (Å²) in [5, 5.41) is 11.5. The molecule has 1 aliphatic heterocycles. The molecule has 174 valence electrons. The van der Waals surface area contributed by atoms with Crippen LogP contribution >= 0.6 is 11.6 Å². The molecular weight excluding hydrogens is 434 g/mol. The molecular formula is C23H30ClN3O5. The third-order valence-corrected chi connectivity index (χ3v) is 5.96. The van der Waals surface area contributed by atoms with Crippen LogP contribution in [0.25, 0.3) is 0 Å². The van der Waals surface area contributed by atoms with Crippen molar-refractivity contribution < 1.29 is 19.4 Å². The van der Waals surface area contributed by atoms with Gasteiger partial charge >= 0.3 is 6.09 Å². The van der Waals surface area contributed by atoms with Crippen molar-refractivity contribution in [2.24, 2.45) is 0 Å². The number of carbonyl (C=O) groups excluding carboxylic acids is 1. The van der Waals surface area contributed by atoms with Gasteiger partial charge in [-0.25, -0.2) is 4.79 Å². The third-order valence-electron chi connectivity index (χ3n) is 5.71. The van der Waals surface area contributed by atoms with Crippen molar-refractivity contribution in [3.63, 3.8) is 0 Å². The van der Waals surface area contributed by atoms with Crippen molar-refractivity contribution in [2.45, 2.75) is 26.4 Å². The molecule has 0 spiro atoms. The van der Waals surface area contributed by atoms with E-state index >= 15 is 0 Å². The maximum absolute atomic E-state index is 13.5. The van der Waals surface area contributed by atoms with Gasteiger partial charge < -0.3 is 24.0 Å². The number of aryl methyl sites for hydroxylation is 1. The van der Waals surface area contributed by atoms with Crippen LogP contribution in [0.5, 0.6) is 5.75 Å². The molecule has 1 N–H and O–H groups in total. The molecule has 1 aromatic heterocycles. The van der Waals surface area contributed by atoms with Crippen LogP contribution in [-0.2, 0) is 16.0 Å². The monoisotopic (exact) mass is 463 g/mol. The van der Waals surface area contributed by atoms with Crippen LogP contribution in [0.1, 0.15) is 29.8 Å². The third kappa shape index (κ3) is 5.26. The van der Waals surface area contributed by atoms with Gasteiger partial charge in [-0.3, -0.25) is 9.69 Å². The summed E-state index contributed by atoms with van der Waals surface area (Å²) in [6.45, 7) is 6.64. The number of hydrogen-bond donors (Lipinski definition) is 1. The fourth-order valence-corrected chi connectivity index (χ4v) is 4.19. The molecule has 0 unspecified atom stereocenters. The number of amides is 1. The van der Waals surface area contributed by atoms with Crippen LogP contribution in [0.4, 0.5) is 4.79 Å². The van der Waals surface area contributed by atoms with E-state index in [9.17, 15) is 14.7 Å². The number of nitrogens with zero attached hydrogens (tertiary/aromatic N) is 3. The van der Waals surface area contributed by atoms with Gasteiger partial charge in [-0.2, -0.15) is 0 Å². The van der Waals surface area contributed by atoms with Crippen LogP contribution in [-0.4, -0.2) is 72.1 Å². The van der Waals surface area contributed by atoms with Crippen LogP contribution < -0.4 is 5.56 Å². The smallest absolute Gasteiger partial charge is 0.409 e. The van der Waals surface area contributed by atoms with Gasteiger partial charge in [0.15, 0.2) is 0 Å². The average molecular weight is 464 g/mol. The molecule has 8 nitrogen and oxygen atoms in total. The first-order valence-electron chi connectivity index (χ1n) is 10.7. The van der Waals surface area contributed by atoms with E-state index in [2.05, 4.69) is 4.90 Å². The highest BCUT2D eigenvalue weighted by Gasteiger charge is 2.32. The van der Waals surface area contributed by atoms with E-state index in [0.29, 0.717) is 62.2 Å². The topological polar surface area (TPSA) is 84.2 Å². The molecule has 1 saturated heterocycles. The van der Waals surface area contributed by atoms with Crippen LogP contribution in [0.3, 0.4) is 0 Å². The zero-order valence-electron chi connectivity index (χ0n) is 18.7. The van der Waals surface area contributed by atoms with Crippen LogP contribution in [0.2, 0.25) is 5.02 Å². The number of aromatic nitrogens is 1. The number of piperazine rings is 1. The predicted octanol–water partition coefficient (Wildman–Crippen LogP) is 3.03. The lowest BCUT2D eigenvalue weighted by atomic mass is 9.96. The maximum Gasteiger partial charge on any atom is 0.409 e.